The highest BCUT2D eigenvalue weighted by Gasteiger charge is 2.24. The molecule has 0 bridgehead atoms. The smallest absolute Gasteiger partial charge is 0.307 e. The fraction of sp³-hybridized carbons (Fsp3) is 0.529. The van der Waals surface area contributed by atoms with Gasteiger partial charge >= 0.3 is 5.97 Å². The average molecular weight is 320 g/mol. The zero-order chi connectivity index (χ0) is 16.7. The number of benzene rings is 1. The van der Waals surface area contributed by atoms with Crippen molar-refractivity contribution in [2.75, 3.05) is 40.4 Å². The van der Waals surface area contributed by atoms with Gasteiger partial charge in [-0.15, -0.1) is 0 Å². The van der Waals surface area contributed by atoms with Crippen molar-refractivity contribution in [3.63, 3.8) is 0 Å². The van der Waals surface area contributed by atoms with Crippen LogP contribution < -0.4 is 9.47 Å². The minimum absolute atomic E-state index is 0.237. The van der Waals surface area contributed by atoms with Crippen LogP contribution >= 0.6 is 0 Å². The molecule has 1 aliphatic heterocycles. The summed E-state index contributed by atoms with van der Waals surface area (Å²) in [5.74, 6) is 0.441. The molecular formula is C17H24N2O4. The molecule has 1 aliphatic rings. The summed E-state index contributed by atoms with van der Waals surface area (Å²) < 4.78 is 10.5. The maximum atomic E-state index is 11.0. The van der Waals surface area contributed by atoms with Crippen molar-refractivity contribution in [1.82, 2.24) is 4.90 Å². The monoisotopic (exact) mass is 320 g/mol. The third kappa shape index (κ3) is 4.96. The van der Waals surface area contributed by atoms with E-state index < -0.39 is 5.97 Å². The number of aliphatic imine (C=N–C) groups is 1. The lowest BCUT2D eigenvalue weighted by Crippen LogP contribution is -2.39. The number of rotatable bonds is 7. The molecule has 23 heavy (non-hydrogen) atoms. The molecule has 1 saturated heterocycles. The highest BCUT2D eigenvalue weighted by atomic mass is 16.5. The van der Waals surface area contributed by atoms with Crippen molar-refractivity contribution in [2.45, 2.75) is 12.8 Å². The Morgan fingerprint density at radius 2 is 2.17 bits per heavy atom. The molecule has 1 atom stereocenters. The summed E-state index contributed by atoms with van der Waals surface area (Å²) >= 11 is 0. The van der Waals surface area contributed by atoms with Gasteiger partial charge in [-0.25, -0.2) is 0 Å². The first-order chi connectivity index (χ1) is 11.1. The summed E-state index contributed by atoms with van der Waals surface area (Å²) in [5, 5.41) is 9.09. The fourth-order valence-electron chi connectivity index (χ4n) is 2.76. The molecule has 0 radical (unpaired) electrons. The number of carboxylic acid groups (broad SMARTS) is 1. The van der Waals surface area contributed by atoms with Gasteiger partial charge in [-0.3, -0.25) is 9.79 Å². The zero-order valence-corrected chi connectivity index (χ0v) is 13.7. The molecule has 0 saturated carbocycles. The summed E-state index contributed by atoms with van der Waals surface area (Å²) in [7, 11) is 3.21. The Balaban J connectivity index is 1.84. The molecule has 6 nitrogen and oxygen atoms in total. The number of likely N-dealkylation sites (tertiary alicyclic amines) is 1. The van der Waals surface area contributed by atoms with E-state index in [-0.39, 0.29) is 5.92 Å². The molecule has 1 aromatic rings. The quantitative estimate of drug-likeness (QED) is 0.777. The van der Waals surface area contributed by atoms with Crippen molar-refractivity contribution in [3.8, 4) is 11.5 Å². The summed E-state index contributed by atoms with van der Waals surface area (Å²) in [4.78, 5) is 17.7. The topological polar surface area (TPSA) is 71.4 Å². The molecule has 126 valence electrons. The van der Waals surface area contributed by atoms with E-state index in [0.717, 1.165) is 31.5 Å². The Morgan fingerprint density at radius 1 is 1.39 bits per heavy atom. The summed E-state index contributed by atoms with van der Waals surface area (Å²) in [6.07, 6.45) is 3.53. The van der Waals surface area contributed by atoms with Crippen LogP contribution in [0.25, 0.3) is 0 Å². The Kier molecular flexibility index (Phi) is 6.40. The number of piperidine rings is 1. The van der Waals surface area contributed by atoms with Crippen molar-refractivity contribution >= 4 is 12.2 Å². The minimum Gasteiger partial charge on any atom is -0.493 e. The molecule has 0 amide bonds. The minimum atomic E-state index is -0.691. The Hall–Kier alpha value is -2.08. The maximum absolute atomic E-state index is 11.0. The van der Waals surface area contributed by atoms with Crippen LogP contribution in [0.2, 0.25) is 0 Å². The van der Waals surface area contributed by atoms with E-state index in [1.54, 1.807) is 20.4 Å². The number of ether oxygens (including phenoxy) is 2. The SMILES string of the molecule is COc1ccc(C=NCCN2CCCC(C(=O)O)C2)cc1OC. The van der Waals surface area contributed by atoms with Crippen molar-refractivity contribution in [2.24, 2.45) is 10.9 Å². The predicted octanol–water partition coefficient (Wildman–Crippen LogP) is 1.92. The second-order valence-corrected chi connectivity index (χ2v) is 5.63. The molecule has 2 rings (SSSR count). The first-order valence-corrected chi connectivity index (χ1v) is 7.81. The van der Waals surface area contributed by atoms with Gasteiger partial charge in [-0.2, -0.15) is 0 Å². The van der Waals surface area contributed by atoms with Crippen LogP contribution in [0.3, 0.4) is 0 Å². The first-order valence-electron chi connectivity index (χ1n) is 7.81. The largest absolute Gasteiger partial charge is 0.493 e. The number of carbonyl (C=O) groups is 1. The van der Waals surface area contributed by atoms with Crippen molar-refractivity contribution in [1.29, 1.82) is 0 Å². The van der Waals surface area contributed by atoms with Gasteiger partial charge in [0.25, 0.3) is 0 Å². The number of hydrogen-bond donors (Lipinski definition) is 1. The normalized spacial score (nSPS) is 19.0. The predicted molar refractivity (Wildman–Crippen MR) is 88.8 cm³/mol. The molecule has 1 fully saturated rings. The van der Waals surface area contributed by atoms with E-state index >= 15 is 0 Å². The molecule has 0 spiro atoms. The van der Waals surface area contributed by atoms with Gasteiger partial charge in [0, 0.05) is 19.3 Å². The van der Waals surface area contributed by atoms with Crippen LogP contribution in [0.15, 0.2) is 23.2 Å². The molecule has 0 aliphatic carbocycles. The summed E-state index contributed by atoms with van der Waals surface area (Å²) in [6.45, 7) is 3.02. The summed E-state index contributed by atoms with van der Waals surface area (Å²) in [6, 6.07) is 5.65. The molecular weight excluding hydrogens is 296 g/mol. The van der Waals surface area contributed by atoms with Gasteiger partial charge in [0.2, 0.25) is 0 Å². The fourth-order valence-corrected chi connectivity index (χ4v) is 2.76. The molecule has 1 aromatic carbocycles. The number of methoxy groups -OCH3 is 2. The molecule has 0 aromatic heterocycles. The molecule has 6 heteroatoms. The van der Waals surface area contributed by atoms with Gasteiger partial charge < -0.3 is 19.5 Å². The third-order valence-corrected chi connectivity index (χ3v) is 4.05. The Labute approximate surface area is 136 Å². The zero-order valence-electron chi connectivity index (χ0n) is 13.7. The number of carboxylic acids is 1. The van der Waals surface area contributed by atoms with Crippen LogP contribution in [0.4, 0.5) is 0 Å². The van der Waals surface area contributed by atoms with Crippen LogP contribution in [-0.4, -0.2) is 62.6 Å². The van der Waals surface area contributed by atoms with E-state index in [9.17, 15) is 4.79 Å². The van der Waals surface area contributed by atoms with Gasteiger partial charge in [0.1, 0.15) is 0 Å². The molecule has 1 unspecified atom stereocenters. The third-order valence-electron chi connectivity index (χ3n) is 4.05. The van der Waals surface area contributed by atoms with Crippen molar-refractivity contribution < 1.29 is 19.4 Å². The second-order valence-electron chi connectivity index (χ2n) is 5.63. The van der Waals surface area contributed by atoms with Gasteiger partial charge in [-0.05, 0) is 43.1 Å². The highest BCUT2D eigenvalue weighted by Crippen LogP contribution is 2.26. The van der Waals surface area contributed by atoms with Gasteiger partial charge in [-0.1, -0.05) is 0 Å². The maximum Gasteiger partial charge on any atom is 0.307 e. The lowest BCUT2D eigenvalue weighted by atomic mass is 9.98. The van der Waals surface area contributed by atoms with Crippen LogP contribution in [-0.2, 0) is 4.79 Å². The van der Waals surface area contributed by atoms with Gasteiger partial charge in [0.15, 0.2) is 11.5 Å². The lowest BCUT2D eigenvalue weighted by Gasteiger charge is -2.29. The van der Waals surface area contributed by atoms with E-state index in [2.05, 4.69) is 9.89 Å². The second kappa shape index (κ2) is 8.53. The van der Waals surface area contributed by atoms with Crippen LogP contribution in [0.1, 0.15) is 18.4 Å². The van der Waals surface area contributed by atoms with E-state index in [1.165, 1.54) is 0 Å². The van der Waals surface area contributed by atoms with E-state index in [4.69, 9.17) is 14.6 Å². The van der Waals surface area contributed by atoms with Crippen LogP contribution in [0.5, 0.6) is 11.5 Å². The number of nitrogens with zero attached hydrogens (tertiary/aromatic N) is 2. The lowest BCUT2D eigenvalue weighted by molar-refractivity contribution is -0.143. The molecule has 1 N–H and O–H groups in total. The van der Waals surface area contributed by atoms with E-state index in [0.29, 0.717) is 24.6 Å². The number of hydrogen-bond acceptors (Lipinski definition) is 5. The Morgan fingerprint density at radius 3 is 2.87 bits per heavy atom. The standard InChI is InChI=1S/C17H24N2O4/c1-22-15-6-5-13(10-16(15)23-2)11-18-7-9-19-8-3-4-14(12-19)17(20)21/h5-6,10-11,14H,3-4,7-9,12H2,1-2H3,(H,20,21). The summed E-state index contributed by atoms with van der Waals surface area (Å²) in [5.41, 5.74) is 0.949. The van der Waals surface area contributed by atoms with E-state index in [1.807, 2.05) is 18.2 Å². The van der Waals surface area contributed by atoms with Crippen LogP contribution in [0, 0.1) is 5.92 Å². The average Bonchev–Trinajstić information content (AvgIpc) is 2.58. The van der Waals surface area contributed by atoms with Gasteiger partial charge in [0.05, 0.1) is 26.7 Å². The number of aliphatic carboxylic acids is 1. The molecule has 1 heterocycles. The Bertz CT molecular complexity index is 560. The first kappa shape index (κ1) is 17.3. The highest BCUT2D eigenvalue weighted by molar-refractivity contribution is 5.80. The van der Waals surface area contributed by atoms with Crippen molar-refractivity contribution in [3.05, 3.63) is 23.8 Å².